The lowest BCUT2D eigenvalue weighted by Crippen LogP contribution is -2.00. The topological polar surface area (TPSA) is 47.0 Å². The third-order valence-electron chi connectivity index (χ3n) is 1.34. The molecular weight excluding hydrogens is 350 g/mol. The minimum Gasteiger partial charge on any atom is -0.228 e. The number of alkyl halides is 2. The Hall–Kier alpha value is -0.0200. The van der Waals surface area contributed by atoms with Gasteiger partial charge in [0.2, 0.25) is 0 Å². The van der Waals surface area contributed by atoms with Gasteiger partial charge in [0.25, 0.3) is 15.5 Å². The molecule has 0 aliphatic rings. The van der Waals surface area contributed by atoms with Crippen molar-refractivity contribution in [1.82, 2.24) is 4.98 Å². The van der Waals surface area contributed by atoms with E-state index in [0.717, 1.165) is 12.1 Å². The van der Waals surface area contributed by atoms with Gasteiger partial charge in [-0.25, -0.2) is 22.2 Å². The minimum atomic E-state index is -3.96. The fourth-order valence-corrected chi connectivity index (χ4v) is 2.25. The summed E-state index contributed by atoms with van der Waals surface area (Å²) in [6.07, 6.45) is -2.68. The van der Waals surface area contributed by atoms with Gasteiger partial charge in [0.15, 0.2) is 5.03 Å². The van der Waals surface area contributed by atoms with Gasteiger partial charge in [-0.1, -0.05) is 0 Å². The van der Waals surface area contributed by atoms with Crippen LogP contribution in [0.3, 0.4) is 0 Å². The van der Waals surface area contributed by atoms with E-state index < -0.39 is 20.5 Å². The van der Waals surface area contributed by atoms with Gasteiger partial charge >= 0.3 is 0 Å². The molecule has 0 aliphatic heterocycles. The zero-order valence-electron chi connectivity index (χ0n) is 6.42. The lowest BCUT2D eigenvalue weighted by molar-refractivity contribution is 0.149. The minimum absolute atomic E-state index is 0.0701. The van der Waals surface area contributed by atoms with Crippen LogP contribution in [0.4, 0.5) is 8.78 Å². The van der Waals surface area contributed by atoms with E-state index in [1.165, 1.54) is 22.6 Å². The maximum atomic E-state index is 12.2. The van der Waals surface area contributed by atoms with Crippen LogP contribution in [0.15, 0.2) is 17.2 Å². The molecule has 1 heterocycles. The van der Waals surface area contributed by atoms with Crippen LogP contribution in [0.25, 0.3) is 0 Å². The predicted octanol–water partition coefficient (Wildman–Crippen LogP) is 2.55. The molecule has 1 aromatic heterocycles. The van der Waals surface area contributed by atoms with Crippen molar-refractivity contribution in [3.63, 3.8) is 0 Å². The molecule has 0 saturated carbocycles. The van der Waals surface area contributed by atoms with Gasteiger partial charge in [0.05, 0.1) is 0 Å². The molecule has 0 amide bonds. The van der Waals surface area contributed by atoms with Crippen LogP contribution >= 0.6 is 33.3 Å². The second-order valence-electron chi connectivity index (χ2n) is 2.27. The first kappa shape index (κ1) is 12.1. The van der Waals surface area contributed by atoms with Crippen molar-refractivity contribution in [3.8, 4) is 0 Å². The first-order valence-electron chi connectivity index (χ1n) is 3.21. The third-order valence-corrected chi connectivity index (χ3v) is 3.40. The van der Waals surface area contributed by atoms with E-state index in [9.17, 15) is 17.2 Å². The Labute approximate surface area is 97.0 Å². The SMILES string of the molecule is O=S(=O)(Cl)c1ccc(C(F)F)c(I)n1. The second kappa shape index (κ2) is 4.23. The zero-order chi connectivity index (χ0) is 10.9. The Morgan fingerprint density at radius 2 is 2.00 bits per heavy atom. The summed E-state index contributed by atoms with van der Waals surface area (Å²) in [6.45, 7) is 0. The molecule has 1 rings (SSSR count). The lowest BCUT2D eigenvalue weighted by atomic mass is 10.3. The Kier molecular flexibility index (Phi) is 3.64. The van der Waals surface area contributed by atoms with E-state index in [0.29, 0.717) is 0 Å². The third kappa shape index (κ3) is 2.74. The van der Waals surface area contributed by atoms with E-state index >= 15 is 0 Å². The number of hydrogen-bond donors (Lipinski definition) is 0. The maximum absolute atomic E-state index is 12.2. The average Bonchev–Trinajstić information content (AvgIpc) is 2.01. The van der Waals surface area contributed by atoms with Gasteiger partial charge in [0, 0.05) is 16.2 Å². The molecule has 0 bridgehead atoms. The fourth-order valence-electron chi connectivity index (χ4n) is 0.727. The first-order valence-corrected chi connectivity index (χ1v) is 6.60. The summed E-state index contributed by atoms with van der Waals surface area (Å²) in [7, 11) is 1.02. The van der Waals surface area contributed by atoms with Crippen LogP contribution in [0.1, 0.15) is 12.0 Å². The van der Waals surface area contributed by atoms with Crippen molar-refractivity contribution in [2.45, 2.75) is 11.5 Å². The van der Waals surface area contributed by atoms with Gasteiger partial charge in [-0.15, -0.1) is 0 Å². The van der Waals surface area contributed by atoms with Crippen molar-refractivity contribution in [2.75, 3.05) is 0 Å². The van der Waals surface area contributed by atoms with Crippen molar-refractivity contribution in [2.24, 2.45) is 0 Å². The average molecular weight is 354 g/mol. The smallest absolute Gasteiger partial charge is 0.228 e. The van der Waals surface area contributed by atoms with Crippen LogP contribution in [-0.4, -0.2) is 13.4 Å². The predicted molar refractivity (Wildman–Crippen MR) is 54.9 cm³/mol. The van der Waals surface area contributed by atoms with Crippen LogP contribution in [0.2, 0.25) is 0 Å². The summed E-state index contributed by atoms with van der Waals surface area (Å²) in [5, 5.41) is -0.423. The molecule has 0 aromatic carbocycles. The highest BCUT2D eigenvalue weighted by atomic mass is 127. The summed E-state index contributed by atoms with van der Waals surface area (Å²) >= 11 is 1.53. The number of pyridine rings is 1. The molecule has 8 heteroatoms. The monoisotopic (exact) mass is 353 g/mol. The summed E-state index contributed by atoms with van der Waals surface area (Å²) in [5.41, 5.74) is -0.310. The van der Waals surface area contributed by atoms with E-state index in [2.05, 4.69) is 4.98 Å². The van der Waals surface area contributed by atoms with Crippen LogP contribution in [-0.2, 0) is 9.05 Å². The molecule has 0 saturated heterocycles. The Morgan fingerprint density at radius 1 is 1.43 bits per heavy atom. The number of nitrogens with zero attached hydrogens (tertiary/aromatic N) is 1. The van der Waals surface area contributed by atoms with Crippen LogP contribution in [0.5, 0.6) is 0 Å². The molecule has 0 aliphatic carbocycles. The molecule has 0 spiro atoms. The molecule has 0 atom stereocenters. The zero-order valence-corrected chi connectivity index (χ0v) is 10.1. The van der Waals surface area contributed by atoms with Gasteiger partial charge in [-0.2, -0.15) is 0 Å². The summed E-state index contributed by atoms with van der Waals surface area (Å²) in [4.78, 5) is 3.45. The largest absolute Gasteiger partial charge is 0.278 e. The van der Waals surface area contributed by atoms with E-state index in [-0.39, 0.29) is 9.26 Å². The van der Waals surface area contributed by atoms with E-state index in [4.69, 9.17) is 10.7 Å². The molecule has 0 radical (unpaired) electrons. The van der Waals surface area contributed by atoms with Crippen molar-refractivity contribution in [3.05, 3.63) is 21.4 Å². The second-order valence-corrected chi connectivity index (χ2v) is 5.80. The highest BCUT2D eigenvalue weighted by molar-refractivity contribution is 14.1. The van der Waals surface area contributed by atoms with E-state index in [1.807, 2.05) is 0 Å². The Morgan fingerprint density at radius 3 is 2.36 bits per heavy atom. The summed E-state index contributed by atoms with van der Waals surface area (Å²) in [5.74, 6) is 0. The van der Waals surface area contributed by atoms with Gasteiger partial charge < -0.3 is 0 Å². The maximum Gasteiger partial charge on any atom is 0.278 e. The standard InChI is InChI=1S/C6H3ClF2INO2S/c7-14(12,13)4-2-1-3(5(8)9)6(10)11-4/h1-2,5H. The van der Waals surface area contributed by atoms with Crippen molar-refractivity contribution >= 4 is 42.3 Å². The first-order chi connectivity index (χ1) is 6.32. The van der Waals surface area contributed by atoms with Gasteiger partial charge in [-0.3, -0.25) is 0 Å². The number of hydrogen-bond acceptors (Lipinski definition) is 3. The quantitative estimate of drug-likeness (QED) is 0.466. The molecule has 0 fully saturated rings. The highest BCUT2D eigenvalue weighted by Gasteiger charge is 2.17. The number of rotatable bonds is 2. The lowest BCUT2D eigenvalue weighted by Gasteiger charge is -2.02. The molecule has 14 heavy (non-hydrogen) atoms. The van der Waals surface area contributed by atoms with Gasteiger partial charge in [0.1, 0.15) is 3.70 Å². The molecule has 3 nitrogen and oxygen atoms in total. The summed E-state index contributed by atoms with van der Waals surface area (Å²) < 4.78 is 45.9. The number of aromatic nitrogens is 1. The molecule has 0 N–H and O–H groups in total. The fraction of sp³-hybridized carbons (Fsp3) is 0.167. The summed E-state index contributed by atoms with van der Waals surface area (Å²) in [6, 6.07) is 1.95. The molecule has 1 aromatic rings. The van der Waals surface area contributed by atoms with Crippen LogP contribution < -0.4 is 0 Å². The Bertz CT molecular complexity index is 451. The Balaban J connectivity index is 3.27. The number of halogens is 4. The van der Waals surface area contributed by atoms with E-state index in [1.54, 1.807) is 0 Å². The van der Waals surface area contributed by atoms with Crippen molar-refractivity contribution in [1.29, 1.82) is 0 Å². The van der Waals surface area contributed by atoms with Gasteiger partial charge in [-0.05, 0) is 34.7 Å². The molecular formula is C6H3ClF2INO2S. The highest BCUT2D eigenvalue weighted by Crippen LogP contribution is 2.24. The molecule has 78 valence electrons. The van der Waals surface area contributed by atoms with Crippen molar-refractivity contribution < 1.29 is 17.2 Å². The molecule has 0 unspecified atom stereocenters. The normalized spacial score (nSPS) is 12.1. The van der Waals surface area contributed by atoms with Crippen LogP contribution in [0, 0.1) is 3.70 Å².